The highest BCUT2D eigenvalue weighted by molar-refractivity contribution is 6.29. The summed E-state index contributed by atoms with van der Waals surface area (Å²) >= 11 is 0. The van der Waals surface area contributed by atoms with Crippen LogP contribution in [0.15, 0.2) is 0 Å². The highest BCUT2D eigenvalue weighted by atomic mass is 17.5. The quantitative estimate of drug-likeness (QED) is 0.0542. The maximum Gasteiger partial charge on any atom is 0.453 e. The Morgan fingerprint density at radius 1 is 0.594 bits per heavy atom. The van der Waals surface area contributed by atoms with Gasteiger partial charge in [0.1, 0.15) is 5.60 Å². The van der Waals surface area contributed by atoms with Gasteiger partial charge in [0.2, 0.25) is 0 Å². The molecule has 0 saturated heterocycles. The van der Waals surface area contributed by atoms with E-state index in [0.29, 0.717) is 0 Å². The van der Waals surface area contributed by atoms with Crippen LogP contribution in [-0.4, -0.2) is 24.1 Å². The Bertz CT molecular complexity index is 450. The van der Waals surface area contributed by atoms with Gasteiger partial charge in [-0.2, -0.15) is 4.89 Å². The molecule has 32 heavy (non-hydrogen) atoms. The first kappa shape index (κ1) is 30.9. The summed E-state index contributed by atoms with van der Waals surface area (Å²) < 4.78 is 4.90. The molecule has 6 heteroatoms. The van der Waals surface area contributed by atoms with Crippen LogP contribution in [0.4, 0.5) is 0 Å². The molecule has 0 radical (unpaired) electrons. The lowest BCUT2D eigenvalue weighted by Crippen LogP contribution is -2.27. The van der Waals surface area contributed by atoms with E-state index < -0.39 is 17.5 Å². The number of carbonyl (C=O) groups excluding carboxylic acids is 2. The molecule has 0 saturated carbocycles. The van der Waals surface area contributed by atoms with Crippen molar-refractivity contribution in [2.24, 2.45) is 0 Å². The van der Waals surface area contributed by atoms with Crippen LogP contribution < -0.4 is 0 Å². The molecule has 0 unspecified atom stereocenters. The van der Waals surface area contributed by atoms with Crippen molar-refractivity contribution in [1.29, 1.82) is 0 Å². The summed E-state index contributed by atoms with van der Waals surface area (Å²) in [6.07, 6.45) is 22.2. The molecule has 0 aromatic rings. The molecule has 0 N–H and O–H groups in total. The number of hydrogen-bond acceptors (Lipinski definition) is 6. The molecular formula is C26H50O6. The highest BCUT2D eigenvalue weighted by Crippen LogP contribution is 2.17. The summed E-state index contributed by atoms with van der Waals surface area (Å²) in [5.74, 6) is -2.25. The molecule has 190 valence electrons. The van der Waals surface area contributed by atoms with Crippen molar-refractivity contribution in [2.75, 3.05) is 6.61 Å². The monoisotopic (exact) mass is 458 g/mol. The van der Waals surface area contributed by atoms with Gasteiger partial charge in [0.25, 0.3) is 0 Å². The molecule has 0 aliphatic heterocycles. The zero-order valence-corrected chi connectivity index (χ0v) is 21.4. The summed E-state index contributed by atoms with van der Waals surface area (Å²) in [6.45, 7) is 8.10. The predicted octanol–water partition coefficient (Wildman–Crippen LogP) is 7.78. The van der Waals surface area contributed by atoms with E-state index in [0.717, 1.165) is 32.1 Å². The fourth-order valence-corrected chi connectivity index (χ4v) is 3.69. The van der Waals surface area contributed by atoms with E-state index in [2.05, 4.69) is 16.8 Å². The first-order valence-corrected chi connectivity index (χ1v) is 13.2. The molecule has 0 heterocycles. The molecule has 0 atom stereocenters. The number of hydrogen-bond donors (Lipinski definition) is 0. The number of ether oxygens (including phenoxy) is 1. The summed E-state index contributed by atoms with van der Waals surface area (Å²) in [5, 5.41) is 4.42. The van der Waals surface area contributed by atoms with E-state index in [9.17, 15) is 9.59 Å². The van der Waals surface area contributed by atoms with Gasteiger partial charge in [0, 0.05) is 0 Å². The van der Waals surface area contributed by atoms with Crippen LogP contribution >= 0.6 is 0 Å². The van der Waals surface area contributed by atoms with Crippen molar-refractivity contribution >= 4 is 11.9 Å². The van der Waals surface area contributed by atoms with Crippen molar-refractivity contribution in [3.63, 3.8) is 0 Å². The maximum absolute atomic E-state index is 11.6. The van der Waals surface area contributed by atoms with Crippen molar-refractivity contribution in [2.45, 2.75) is 149 Å². The van der Waals surface area contributed by atoms with E-state index >= 15 is 0 Å². The van der Waals surface area contributed by atoms with Gasteiger partial charge < -0.3 is 4.74 Å². The highest BCUT2D eigenvalue weighted by Gasteiger charge is 2.23. The Morgan fingerprint density at radius 2 is 1.03 bits per heavy atom. The summed E-state index contributed by atoms with van der Waals surface area (Å²) in [7, 11) is 0. The van der Waals surface area contributed by atoms with Gasteiger partial charge >= 0.3 is 11.9 Å². The van der Waals surface area contributed by atoms with Gasteiger partial charge in [-0.15, -0.1) is 0 Å². The SMILES string of the molecule is CCCCCCCCCCCCCCCCCCOC(=O)C(=O)OOOC(C)(C)CCC. The average Bonchev–Trinajstić information content (AvgIpc) is 2.75. The molecule has 0 aromatic heterocycles. The fraction of sp³-hybridized carbons (Fsp3) is 0.923. The van der Waals surface area contributed by atoms with Crippen LogP contribution in [0.5, 0.6) is 0 Å². The Morgan fingerprint density at radius 3 is 1.47 bits per heavy atom. The summed E-state index contributed by atoms with van der Waals surface area (Å²) in [5.41, 5.74) is -0.591. The lowest BCUT2D eigenvalue weighted by molar-refractivity contribution is -0.516. The normalized spacial score (nSPS) is 11.5. The minimum absolute atomic E-state index is 0.217. The van der Waals surface area contributed by atoms with Crippen molar-refractivity contribution in [3.8, 4) is 0 Å². The standard InChI is InChI=1S/C26H50O6/c1-5-7-8-9-10-11-12-13-14-15-16-17-18-19-20-21-23-29-24(27)25(28)30-32-31-26(3,4)22-6-2/h5-23H2,1-4H3. The van der Waals surface area contributed by atoms with Crippen molar-refractivity contribution < 1.29 is 29.1 Å². The van der Waals surface area contributed by atoms with Crippen LogP contribution in [-0.2, 0) is 29.1 Å². The second-order valence-electron chi connectivity index (χ2n) is 9.47. The molecular weight excluding hydrogens is 408 g/mol. The lowest BCUT2D eigenvalue weighted by atomic mass is 10.0. The molecule has 6 nitrogen and oxygen atoms in total. The minimum atomic E-state index is -1.20. The van der Waals surface area contributed by atoms with Crippen LogP contribution in [0.25, 0.3) is 0 Å². The van der Waals surface area contributed by atoms with Gasteiger partial charge in [0.05, 0.1) is 6.61 Å². The smallest absolute Gasteiger partial charge is 0.453 e. The number of esters is 1. The zero-order valence-electron chi connectivity index (χ0n) is 21.4. The van der Waals surface area contributed by atoms with Crippen molar-refractivity contribution in [3.05, 3.63) is 0 Å². The third kappa shape index (κ3) is 20.7. The molecule has 0 bridgehead atoms. The van der Waals surface area contributed by atoms with Gasteiger partial charge in [-0.05, 0) is 31.7 Å². The Labute approximate surface area is 196 Å². The third-order valence-corrected chi connectivity index (χ3v) is 5.62. The molecule has 0 amide bonds. The number of unbranched alkanes of at least 4 members (excludes halogenated alkanes) is 15. The van der Waals surface area contributed by atoms with Gasteiger partial charge in [-0.1, -0.05) is 117 Å². The van der Waals surface area contributed by atoms with Crippen molar-refractivity contribution in [1.82, 2.24) is 0 Å². The van der Waals surface area contributed by atoms with Gasteiger partial charge in [-0.3, -0.25) is 4.89 Å². The van der Waals surface area contributed by atoms with E-state index in [4.69, 9.17) is 9.62 Å². The Kier molecular flexibility index (Phi) is 20.9. The number of carbonyl (C=O) groups is 2. The molecule has 0 aliphatic rings. The molecule has 0 spiro atoms. The van der Waals surface area contributed by atoms with E-state index in [1.54, 1.807) is 13.8 Å². The largest absolute Gasteiger partial charge is 0.457 e. The second-order valence-corrected chi connectivity index (χ2v) is 9.47. The van der Waals surface area contributed by atoms with Crippen LogP contribution in [0.1, 0.15) is 143 Å². The van der Waals surface area contributed by atoms with Gasteiger partial charge in [0.15, 0.2) is 0 Å². The average molecular weight is 459 g/mol. The lowest BCUT2D eigenvalue weighted by Gasteiger charge is -2.20. The molecule has 0 fully saturated rings. The van der Waals surface area contributed by atoms with Crippen LogP contribution in [0, 0.1) is 0 Å². The third-order valence-electron chi connectivity index (χ3n) is 5.62. The van der Waals surface area contributed by atoms with Gasteiger partial charge in [-0.25, -0.2) is 9.59 Å². The predicted molar refractivity (Wildman–Crippen MR) is 128 cm³/mol. The fourth-order valence-electron chi connectivity index (χ4n) is 3.69. The van der Waals surface area contributed by atoms with E-state index in [1.807, 2.05) is 6.92 Å². The molecule has 0 rings (SSSR count). The Hall–Kier alpha value is -1.14. The van der Waals surface area contributed by atoms with Crippen LogP contribution in [0.3, 0.4) is 0 Å². The topological polar surface area (TPSA) is 71.1 Å². The zero-order chi connectivity index (χ0) is 23.9. The second kappa shape index (κ2) is 21.7. The summed E-state index contributed by atoms with van der Waals surface area (Å²) in [6, 6.07) is 0. The molecule has 0 aromatic carbocycles. The van der Waals surface area contributed by atoms with E-state index in [1.165, 1.54) is 83.5 Å². The number of rotatable bonds is 22. The first-order chi connectivity index (χ1) is 15.4. The maximum atomic E-state index is 11.6. The first-order valence-electron chi connectivity index (χ1n) is 13.2. The molecule has 0 aliphatic carbocycles. The van der Waals surface area contributed by atoms with E-state index in [-0.39, 0.29) is 6.61 Å². The Balaban J connectivity index is 3.37. The summed E-state index contributed by atoms with van der Waals surface area (Å²) in [4.78, 5) is 32.4. The minimum Gasteiger partial charge on any atom is -0.457 e. The van der Waals surface area contributed by atoms with Crippen LogP contribution in [0.2, 0.25) is 0 Å².